The molecule has 20 heavy (non-hydrogen) atoms. The van der Waals surface area contributed by atoms with E-state index >= 15 is 0 Å². The van der Waals surface area contributed by atoms with E-state index in [9.17, 15) is 4.39 Å². The fourth-order valence-electron chi connectivity index (χ4n) is 2.17. The van der Waals surface area contributed by atoms with Gasteiger partial charge in [0.2, 0.25) is 0 Å². The summed E-state index contributed by atoms with van der Waals surface area (Å²) >= 11 is 0. The second kappa shape index (κ2) is 5.35. The lowest BCUT2D eigenvalue weighted by Gasteiger charge is -2.05. The van der Waals surface area contributed by atoms with E-state index in [1.54, 1.807) is 12.1 Å². The van der Waals surface area contributed by atoms with Gasteiger partial charge in [0.05, 0.1) is 0 Å². The number of halogens is 1. The summed E-state index contributed by atoms with van der Waals surface area (Å²) in [6, 6.07) is 12.1. The first kappa shape index (κ1) is 12.7. The number of ether oxygens (including phenoxy) is 1. The molecule has 0 radical (unpaired) electrons. The molecule has 3 N–H and O–H groups in total. The topological polar surface area (TPSA) is 51.0 Å². The van der Waals surface area contributed by atoms with Gasteiger partial charge in [-0.2, -0.15) is 0 Å². The van der Waals surface area contributed by atoms with Gasteiger partial charge in [0.25, 0.3) is 0 Å². The van der Waals surface area contributed by atoms with Crippen molar-refractivity contribution in [1.82, 2.24) is 4.98 Å². The van der Waals surface area contributed by atoms with E-state index in [0.717, 1.165) is 22.0 Å². The summed E-state index contributed by atoms with van der Waals surface area (Å²) in [6.07, 6.45) is 1.93. The van der Waals surface area contributed by atoms with Gasteiger partial charge < -0.3 is 15.5 Å². The summed E-state index contributed by atoms with van der Waals surface area (Å²) in [5.74, 6) is 0.387. The van der Waals surface area contributed by atoms with E-state index in [0.29, 0.717) is 18.9 Å². The molecule has 0 aliphatic carbocycles. The first-order valence-corrected chi connectivity index (χ1v) is 6.43. The number of benzene rings is 2. The lowest BCUT2D eigenvalue weighted by atomic mass is 10.1. The summed E-state index contributed by atoms with van der Waals surface area (Å²) in [4.78, 5) is 3.21. The maximum atomic E-state index is 12.8. The molecule has 0 bridgehead atoms. The van der Waals surface area contributed by atoms with Crippen molar-refractivity contribution >= 4 is 10.9 Å². The Bertz CT molecular complexity index is 719. The van der Waals surface area contributed by atoms with E-state index in [-0.39, 0.29) is 5.82 Å². The van der Waals surface area contributed by atoms with Gasteiger partial charge in [0.15, 0.2) is 0 Å². The highest BCUT2D eigenvalue weighted by Crippen LogP contribution is 2.21. The zero-order valence-corrected chi connectivity index (χ0v) is 10.9. The SMILES string of the molecule is NCc1ccc2c(COc3ccc(F)cc3)c[nH]c2c1. The number of nitrogens with one attached hydrogen (secondary N) is 1. The number of aromatic amines is 1. The molecular formula is C16H15FN2O. The van der Waals surface area contributed by atoms with Crippen molar-refractivity contribution in [1.29, 1.82) is 0 Å². The molecule has 0 unspecified atom stereocenters. The third-order valence-electron chi connectivity index (χ3n) is 3.28. The van der Waals surface area contributed by atoms with Gasteiger partial charge in [-0.1, -0.05) is 12.1 Å². The first-order valence-electron chi connectivity index (χ1n) is 6.43. The van der Waals surface area contributed by atoms with Gasteiger partial charge >= 0.3 is 0 Å². The third kappa shape index (κ3) is 2.51. The van der Waals surface area contributed by atoms with Crippen LogP contribution < -0.4 is 10.5 Å². The average molecular weight is 270 g/mol. The first-order chi connectivity index (χ1) is 9.76. The highest BCUT2D eigenvalue weighted by Gasteiger charge is 2.05. The van der Waals surface area contributed by atoms with Crippen LogP contribution >= 0.6 is 0 Å². The van der Waals surface area contributed by atoms with Crippen LogP contribution in [-0.4, -0.2) is 4.98 Å². The minimum absolute atomic E-state index is 0.265. The minimum atomic E-state index is -0.265. The van der Waals surface area contributed by atoms with Crippen LogP contribution in [0.15, 0.2) is 48.7 Å². The maximum absolute atomic E-state index is 12.8. The van der Waals surface area contributed by atoms with Crippen LogP contribution in [0.1, 0.15) is 11.1 Å². The lowest BCUT2D eigenvalue weighted by molar-refractivity contribution is 0.307. The van der Waals surface area contributed by atoms with Crippen molar-refractivity contribution in [3.8, 4) is 5.75 Å². The van der Waals surface area contributed by atoms with Crippen LogP contribution in [0.4, 0.5) is 4.39 Å². The Morgan fingerprint density at radius 2 is 1.90 bits per heavy atom. The highest BCUT2D eigenvalue weighted by atomic mass is 19.1. The number of aromatic nitrogens is 1. The smallest absolute Gasteiger partial charge is 0.123 e. The Kier molecular flexibility index (Phi) is 3.39. The second-order valence-electron chi connectivity index (χ2n) is 4.64. The van der Waals surface area contributed by atoms with Crippen molar-refractivity contribution in [2.75, 3.05) is 0 Å². The fourth-order valence-corrected chi connectivity index (χ4v) is 2.17. The monoisotopic (exact) mass is 270 g/mol. The molecule has 0 spiro atoms. The molecular weight excluding hydrogens is 255 g/mol. The third-order valence-corrected chi connectivity index (χ3v) is 3.28. The predicted molar refractivity (Wildman–Crippen MR) is 76.9 cm³/mol. The van der Waals surface area contributed by atoms with E-state index in [4.69, 9.17) is 10.5 Å². The number of rotatable bonds is 4. The summed E-state index contributed by atoms with van der Waals surface area (Å²) in [5, 5.41) is 1.12. The number of fused-ring (bicyclic) bond motifs is 1. The van der Waals surface area contributed by atoms with Gasteiger partial charge in [0.1, 0.15) is 18.2 Å². The predicted octanol–water partition coefficient (Wildman–Crippen LogP) is 3.34. The molecule has 0 amide bonds. The van der Waals surface area contributed by atoms with Crippen LogP contribution in [0.2, 0.25) is 0 Å². The molecule has 3 nitrogen and oxygen atoms in total. The van der Waals surface area contributed by atoms with Gasteiger partial charge in [-0.05, 0) is 35.9 Å². The standard InChI is InChI=1S/C16H15FN2O/c17-13-2-4-14(5-3-13)20-10-12-9-19-16-7-11(8-18)1-6-15(12)16/h1-7,9,19H,8,10,18H2. The maximum Gasteiger partial charge on any atom is 0.123 e. The number of hydrogen-bond donors (Lipinski definition) is 2. The quantitative estimate of drug-likeness (QED) is 0.764. The minimum Gasteiger partial charge on any atom is -0.489 e. The Hall–Kier alpha value is -2.33. The molecule has 3 rings (SSSR count). The molecule has 1 aromatic heterocycles. The fraction of sp³-hybridized carbons (Fsp3) is 0.125. The van der Waals surface area contributed by atoms with Crippen LogP contribution in [0.5, 0.6) is 5.75 Å². The van der Waals surface area contributed by atoms with Gasteiger partial charge in [-0.15, -0.1) is 0 Å². The molecule has 3 aromatic rings. The molecule has 102 valence electrons. The molecule has 0 atom stereocenters. The second-order valence-corrected chi connectivity index (χ2v) is 4.64. The van der Waals surface area contributed by atoms with Crippen molar-refractivity contribution in [2.45, 2.75) is 13.2 Å². The molecule has 2 aromatic carbocycles. The van der Waals surface area contributed by atoms with Crippen molar-refractivity contribution in [3.63, 3.8) is 0 Å². The van der Waals surface area contributed by atoms with E-state index < -0.39 is 0 Å². The molecule has 0 aliphatic heterocycles. The summed E-state index contributed by atoms with van der Waals surface area (Å²) in [7, 11) is 0. The van der Waals surface area contributed by atoms with E-state index in [1.165, 1.54) is 12.1 Å². The van der Waals surface area contributed by atoms with Crippen molar-refractivity contribution in [3.05, 3.63) is 65.6 Å². The molecule has 0 saturated heterocycles. The Labute approximate surface area is 116 Å². The van der Waals surface area contributed by atoms with Crippen LogP contribution in [0.3, 0.4) is 0 Å². The van der Waals surface area contributed by atoms with Crippen LogP contribution in [0.25, 0.3) is 10.9 Å². The van der Waals surface area contributed by atoms with Crippen molar-refractivity contribution in [2.24, 2.45) is 5.73 Å². The molecule has 4 heteroatoms. The molecule has 1 heterocycles. The van der Waals surface area contributed by atoms with Crippen LogP contribution in [0, 0.1) is 5.82 Å². The zero-order chi connectivity index (χ0) is 13.9. The van der Waals surface area contributed by atoms with Gasteiger partial charge in [0, 0.05) is 29.2 Å². The largest absolute Gasteiger partial charge is 0.489 e. The van der Waals surface area contributed by atoms with E-state index in [2.05, 4.69) is 4.98 Å². The van der Waals surface area contributed by atoms with Crippen LogP contribution in [-0.2, 0) is 13.2 Å². The number of H-pyrrole nitrogens is 1. The Balaban J connectivity index is 1.79. The summed E-state index contributed by atoms with van der Waals surface area (Å²) in [5.41, 5.74) is 8.82. The lowest BCUT2D eigenvalue weighted by Crippen LogP contribution is -1.96. The average Bonchev–Trinajstić information content (AvgIpc) is 2.89. The molecule has 0 aliphatic rings. The summed E-state index contributed by atoms with van der Waals surface area (Å²) in [6.45, 7) is 0.962. The Morgan fingerprint density at radius 1 is 1.10 bits per heavy atom. The molecule has 0 fully saturated rings. The van der Waals surface area contributed by atoms with E-state index in [1.807, 2.05) is 24.4 Å². The highest BCUT2D eigenvalue weighted by molar-refractivity contribution is 5.83. The van der Waals surface area contributed by atoms with Gasteiger partial charge in [-0.3, -0.25) is 0 Å². The van der Waals surface area contributed by atoms with Crippen molar-refractivity contribution < 1.29 is 9.13 Å². The number of hydrogen-bond acceptors (Lipinski definition) is 2. The normalized spacial score (nSPS) is 10.9. The summed E-state index contributed by atoms with van der Waals surface area (Å²) < 4.78 is 18.5. The van der Waals surface area contributed by atoms with Gasteiger partial charge in [-0.25, -0.2) is 4.39 Å². The zero-order valence-electron chi connectivity index (χ0n) is 10.9. The molecule has 0 saturated carbocycles. The Morgan fingerprint density at radius 3 is 2.65 bits per heavy atom. The number of nitrogens with two attached hydrogens (primary N) is 1.